The smallest absolute Gasteiger partial charge is 0.297 e. The molecule has 146 valence electrons. The van der Waals surface area contributed by atoms with Crippen LogP contribution in [0.2, 0.25) is 10.0 Å². The molecule has 0 spiro atoms. The molecule has 27 heavy (non-hydrogen) atoms. The van der Waals surface area contributed by atoms with Gasteiger partial charge < -0.3 is 9.47 Å². The van der Waals surface area contributed by atoms with E-state index in [2.05, 4.69) is 0 Å². The summed E-state index contributed by atoms with van der Waals surface area (Å²) in [6.45, 7) is 1.77. The molecule has 1 saturated heterocycles. The van der Waals surface area contributed by atoms with Crippen LogP contribution in [0.5, 0.6) is 0 Å². The molecule has 5 nitrogen and oxygen atoms in total. The maximum Gasteiger partial charge on any atom is 0.297 e. The van der Waals surface area contributed by atoms with Crippen LogP contribution < -0.4 is 0 Å². The van der Waals surface area contributed by atoms with E-state index in [1.165, 1.54) is 12.1 Å². The Morgan fingerprint density at radius 3 is 2.52 bits per heavy atom. The van der Waals surface area contributed by atoms with Gasteiger partial charge in [0.15, 0.2) is 0 Å². The third-order valence-corrected chi connectivity index (χ3v) is 6.29. The number of hydrogen-bond acceptors (Lipinski definition) is 5. The van der Waals surface area contributed by atoms with Crippen LogP contribution in [0.15, 0.2) is 47.4 Å². The van der Waals surface area contributed by atoms with Gasteiger partial charge in [0, 0.05) is 10.6 Å². The Morgan fingerprint density at radius 2 is 1.89 bits per heavy atom. The van der Waals surface area contributed by atoms with Gasteiger partial charge in [0.2, 0.25) is 5.79 Å². The summed E-state index contributed by atoms with van der Waals surface area (Å²) in [5.41, 5.74) is 1.47. The van der Waals surface area contributed by atoms with E-state index in [1.807, 2.05) is 6.92 Å². The summed E-state index contributed by atoms with van der Waals surface area (Å²) in [5, 5.41) is 0.813. The van der Waals surface area contributed by atoms with E-state index in [1.54, 1.807) is 30.3 Å². The third-order valence-electron chi connectivity index (χ3n) is 4.10. The Morgan fingerprint density at radius 1 is 1.19 bits per heavy atom. The largest absolute Gasteiger partial charge is 0.342 e. The summed E-state index contributed by atoms with van der Waals surface area (Å²) in [7, 11) is -3.90. The lowest BCUT2D eigenvalue weighted by atomic mass is 10.1. The molecule has 2 aromatic carbocycles. The van der Waals surface area contributed by atoms with Crippen molar-refractivity contribution in [3.05, 3.63) is 63.6 Å². The highest BCUT2D eigenvalue weighted by Gasteiger charge is 2.44. The molecular formula is C18H17Cl3O5S. The molecule has 3 rings (SSSR count). The molecular weight excluding hydrogens is 435 g/mol. The van der Waals surface area contributed by atoms with Crippen molar-refractivity contribution in [1.82, 2.24) is 0 Å². The number of rotatable bonds is 6. The molecule has 1 heterocycles. The number of aryl methyl sites for hydroxylation is 1. The van der Waals surface area contributed by atoms with E-state index in [-0.39, 0.29) is 24.0 Å². The van der Waals surface area contributed by atoms with Crippen molar-refractivity contribution in [3.8, 4) is 0 Å². The maximum absolute atomic E-state index is 12.3. The molecule has 1 aliphatic heterocycles. The van der Waals surface area contributed by atoms with Crippen molar-refractivity contribution in [2.45, 2.75) is 23.7 Å². The fourth-order valence-electron chi connectivity index (χ4n) is 2.67. The van der Waals surface area contributed by atoms with Crippen LogP contribution in [0.3, 0.4) is 0 Å². The standard InChI is InChI=1S/C18H17Cl3O5S/c1-12-2-5-15(6-3-12)27(22,23)25-10-14-9-24-18(11-19,26-14)16-7-4-13(20)8-17(16)21/h2-8,14H,9-11H2,1H3/t14-,18-/m1/s1. The summed E-state index contributed by atoms with van der Waals surface area (Å²) in [5.74, 6) is -1.32. The second-order valence-electron chi connectivity index (χ2n) is 6.11. The van der Waals surface area contributed by atoms with Gasteiger partial charge in [-0.3, -0.25) is 4.18 Å². The number of hydrogen-bond donors (Lipinski definition) is 0. The van der Waals surface area contributed by atoms with Crippen molar-refractivity contribution < 1.29 is 22.1 Å². The van der Waals surface area contributed by atoms with Crippen molar-refractivity contribution in [2.24, 2.45) is 0 Å². The normalized spacial score (nSPS) is 22.9. The number of alkyl halides is 1. The average Bonchev–Trinajstić information content (AvgIpc) is 3.05. The summed E-state index contributed by atoms with van der Waals surface area (Å²) >= 11 is 18.2. The van der Waals surface area contributed by atoms with Gasteiger partial charge in [0.25, 0.3) is 10.1 Å². The van der Waals surface area contributed by atoms with Crippen LogP contribution in [0.4, 0.5) is 0 Å². The zero-order valence-electron chi connectivity index (χ0n) is 14.3. The van der Waals surface area contributed by atoms with E-state index in [0.717, 1.165) is 5.56 Å². The highest BCUT2D eigenvalue weighted by atomic mass is 35.5. The molecule has 0 aromatic heterocycles. The van der Waals surface area contributed by atoms with Gasteiger partial charge in [-0.15, -0.1) is 11.6 Å². The Labute approximate surface area is 173 Å². The molecule has 0 unspecified atom stereocenters. The first-order valence-corrected chi connectivity index (χ1v) is 10.7. The van der Waals surface area contributed by atoms with Gasteiger partial charge in [-0.05, 0) is 31.2 Å². The van der Waals surface area contributed by atoms with E-state index in [9.17, 15) is 8.42 Å². The minimum absolute atomic E-state index is 0.0322. The van der Waals surface area contributed by atoms with Crippen LogP contribution in [0.25, 0.3) is 0 Å². The van der Waals surface area contributed by atoms with Crippen molar-refractivity contribution >= 4 is 44.9 Å². The number of benzene rings is 2. The summed E-state index contributed by atoms with van der Waals surface area (Å²) in [4.78, 5) is 0.0800. The molecule has 2 atom stereocenters. The zero-order chi connectivity index (χ0) is 19.7. The molecule has 2 aromatic rings. The molecule has 0 amide bonds. The van der Waals surface area contributed by atoms with Crippen molar-refractivity contribution in [1.29, 1.82) is 0 Å². The lowest BCUT2D eigenvalue weighted by Crippen LogP contribution is -2.31. The minimum atomic E-state index is -3.90. The Balaban J connectivity index is 1.70. The summed E-state index contributed by atoms with van der Waals surface area (Å²) in [6.07, 6.45) is -0.629. The molecule has 0 aliphatic carbocycles. The molecule has 9 heteroatoms. The van der Waals surface area contributed by atoms with Crippen molar-refractivity contribution in [3.63, 3.8) is 0 Å². The minimum Gasteiger partial charge on any atom is -0.342 e. The number of halogens is 3. The highest BCUT2D eigenvalue weighted by molar-refractivity contribution is 7.86. The molecule has 0 radical (unpaired) electrons. The van der Waals surface area contributed by atoms with Gasteiger partial charge in [-0.25, -0.2) is 0 Å². The van der Waals surface area contributed by atoms with Crippen molar-refractivity contribution in [2.75, 3.05) is 19.1 Å². The van der Waals surface area contributed by atoms with E-state index in [4.69, 9.17) is 48.5 Å². The topological polar surface area (TPSA) is 61.8 Å². The predicted octanol–water partition coefficient (Wildman–Crippen LogP) is 4.51. The molecule has 1 aliphatic rings. The first-order valence-electron chi connectivity index (χ1n) is 8.05. The van der Waals surface area contributed by atoms with Crippen LogP contribution in [0, 0.1) is 6.92 Å². The zero-order valence-corrected chi connectivity index (χ0v) is 17.4. The van der Waals surface area contributed by atoms with Gasteiger partial charge in [0.1, 0.15) is 6.10 Å². The van der Waals surface area contributed by atoms with Crippen LogP contribution in [-0.2, 0) is 29.6 Å². The fourth-order valence-corrected chi connectivity index (χ4v) is 4.44. The monoisotopic (exact) mass is 450 g/mol. The van der Waals surface area contributed by atoms with Gasteiger partial charge in [-0.2, -0.15) is 8.42 Å². The van der Waals surface area contributed by atoms with E-state index in [0.29, 0.717) is 15.6 Å². The van der Waals surface area contributed by atoms with E-state index >= 15 is 0 Å². The summed E-state index contributed by atoms with van der Waals surface area (Å²) < 4.78 is 41.4. The third kappa shape index (κ3) is 4.59. The number of ether oxygens (including phenoxy) is 2. The van der Waals surface area contributed by atoms with Crippen LogP contribution in [0.1, 0.15) is 11.1 Å². The van der Waals surface area contributed by atoms with Gasteiger partial charge in [-0.1, -0.05) is 47.0 Å². The fraction of sp³-hybridized carbons (Fsp3) is 0.333. The quantitative estimate of drug-likeness (QED) is 0.477. The van der Waals surface area contributed by atoms with Crippen LogP contribution in [-0.4, -0.2) is 33.6 Å². The lowest BCUT2D eigenvalue weighted by Gasteiger charge is -2.27. The Bertz CT molecular complexity index is 917. The molecule has 0 N–H and O–H groups in total. The van der Waals surface area contributed by atoms with E-state index < -0.39 is 22.0 Å². The average molecular weight is 452 g/mol. The van der Waals surface area contributed by atoms with Crippen LogP contribution >= 0.6 is 34.8 Å². The Hall–Kier alpha value is -0.860. The Kier molecular flexibility index (Phi) is 6.37. The highest BCUT2D eigenvalue weighted by Crippen LogP contribution is 2.40. The lowest BCUT2D eigenvalue weighted by molar-refractivity contribution is -0.161. The van der Waals surface area contributed by atoms with Gasteiger partial charge >= 0.3 is 0 Å². The maximum atomic E-state index is 12.3. The molecule has 1 fully saturated rings. The molecule has 0 bridgehead atoms. The second kappa shape index (κ2) is 8.25. The second-order valence-corrected chi connectivity index (χ2v) is 8.84. The SMILES string of the molecule is Cc1ccc(S(=O)(=O)OC[C@H]2CO[C@@](CCl)(c3ccc(Cl)cc3Cl)O2)cc1. The van der Waals surface area contributed by atoms with Gasteiger partial charge in [0.05, 0.1) is 29.0 Å². The predicted molar refractivity (Wildman–Crippen MR) is 104 cm³/mol. The first kappa shape index (κ1) is 20.9. The molecule has 0 saturated carbocycles. The first-order chi connectivity index (χ1) is 12.8. The summed E-state index contributed by atoms with van der Waals surface area (Å²) in [6, 6.07) is 11.3.